The first-order valence-electron chi connectivity index (χ1n) is 7.00. The molecule has 0 bridgehead atoms. The Morgan fingerprint density at radius 1 is 1.08 bits per heavy atom. The summed E-state index contributed by atoms with van der Waals surface area (Å²) in [5.74, 6) is -0.736. The molecule has 2 aromatic carbocycles. The molecule has 0 aliphatic heterocycles. The molecule has 0 radical (unpaired) electrons. The van der Waals surface area contributed by atoms with Crippen LogP contribution >= 0.6 is 0 Å². The molecule has 0 fully saturated rings. The summed E-state index contributed by atoms with van der Waals surface area (Å²) in [6.45, 7) is 0. The van der Waals surface area contributed by atoms with E-state index in [1.807, 2.05) is 0 Å². The zero-order valence-corrected chi connectivity index (χ0v) is 13.1. The Morgan fingerprint density at radius 2 is 1.79 bits per heavy atom. The van der Waals surface area contributed by atoms with Gasteiger partial charge in [-0.3, -0.25) is 4.79 Å². The molecule has 0 saturated heterocycles. The summed E-state index contributed by atoms with van der Waals surface area (Å²) in [7, 11) is 0.860. The van der Waals surface area contributed by atoms with E-state index in [0.717, 1.165) is 0 Å². The second-order valence-corrected chi connectivity index (χ2v) is 4.86. The number of rotatable bonds is 5. The van der Waals surface area contributed by atoms with Crippen molar-refractivity contribution < 1.29 is 29.1 Å². The smallest absolute Gasteiger partial charge is 0.488 e. The van der Waals surface area contributed by atoms with Crippen LogP contribution in [0.25, 0.3) is 0 Å². The molecule has 7 nitrogen and oxygen atoms in total. The third kappa shape index (κ3) is 3.92. The molecular formula is C16H16BNO6. The molecule has 0 aliphatic rings. The molecule has 1 amide bonds. The SMILES string of the molecule is COC(=O)c1cc(NC(=O)c2ccccc2OC)cc(B(O)O)c1. The molecule has 8 heteroatoms. The molecule has 0 spiro atoms. The van der Waals surface area contributed by atoms with E-state index in [4.69, 9.17) is 4.74 Å². The highest BCUT2D eigenvalue weighted by molar-refractivity contribution is 6.58. The Labute approximate surface area is 139 Å². The van der Waals surface area contributed by atoms with Crippen molar-refractivity contribution in [2.24, 2.45) is 0 Å². The van der Waals surface area contributed by atoms with Gasteiger partial charge >= 0.3 is 13.1 Å². The largest absolute Gasteiger partial charge is 0.496 e. The number of nitrogens with one attached hydrogen (secondary N) is 1. The lowest BCUT2D eigenvalue weighted by atomic mass is 9.79. The topological polar surface area (TPSA) is 105 Å². The van der Waals surface area contributed by atoms with E-state index >= 15 is 0 Å². The fourth-order valence-electron chi connectivity index (χ4n) is 2.14. The first-order chi connectivity index (χ1) is 11.5. The number of methoxy groups -OCH3 is 2. The van der Waals surface area contributed by atoms with Crippen molar-refractivity contribution in [3.8, 4) is 5.75 Å². The van der Waals surface area contributed by atoms with Gasteiger partial charge in [0.05, 0.1) is 25.3 Å². The van der Waals surface area contributed by atoms with Crippen LogP contribution in [0.1, 0.15) is 20.7 Å². The minimum absolute atomic E-state index is 0.0493. The molecule has 3 N–H and O–H groups in total. The third-order valence-electron chi connectivity index (χ3n) is 3.28. The molecule has 24 heavy (non-hydrogen) atoms. The second-order valence-electron chi connectivity index (χ2n) is 4.86. The first kappa shape index (κ1) is 17.5. The van der Waals surface area contributed by atoms with Gasteiger partial charge < -0.3 is 24.8 Å². The van der Waals surface area contributed by atoms with E-state index in [1.165, 1.54) is 32.4 Å². The molecule has 0 unspecified atom stereocenters. The van der Waals surface area contributed by atoms with Gasteiger partial charge in [0.25, 0.3) is 5.91 Å². The highest BCUT2D eigenvalue weighted by Crippen LogP contribution is 2.19. The molecule has 0 saturated carbocycles. The molecule has 2 rings (SSSR count). The number of hydrogen-bond donors (Lipinski definition) is 3. The van der Waals surface area contributed by atoms with Crippen LogP contribution in [0.3, 0.4) is 0 Å². The number of ether oxygens (including phenoxy) is 2. The second kappa shape index (κ2) is 7.63. The van der Waals surface area contributed by atoms with Gasteiger partial charge in [-0.25, -0.2) is 4.79 Å². The Morgan fingerprint density at radius 3 is 2.42 bits per heavy atom. The average Bonchev–Trinajstić information content (AvgIpc) is 2.60. The van der Waals surface area contributed by atoms with Crippen LogP contribution in [0.4, 0.5) is 5.69 Å². The van der Waals surface area contributed by atoms with Gasteiger partial charge in [-0.2, -0.15) is 0 Å². The average molecular weight is 329 g/mol. The maximum atomic E-state index is 12.4. The number of carbonyl (C=O) groups excluding carboxylic acids is 2. The van der Waals surface area contributed by atoms with E-state index in [9.17, 15) is 19.6 Å². The Hall–Kier alpha value is -2.84. The standard InChI is InChI=1S/C16H16BNO6/c1-23-14-6-4-3-5-13(14)15(19)18-12-8-10(16(20)24-2)7-11(9-12)17(21)22/h3-9,21-22H,1-2H3,(H,18,19). The van der Waals surface area contributed by atoms with Crippen molar-refractivity contribution in [2.75, 3.05) is 19.5 Å². The normalized spacial score (nSPS) is 10.0. The lowest BCUT2D eigenvalue weighted by Crippen LogP contribution is -2.31. The number of esters is 1. The van der Waals surface area contributed by atoms with Crippen LogP contribution in [-0.2, 0) is 4.74 Å². The third-order valence-corrected chi connectivity index (χ3v) is 3.28. The van der Waals surface area contributed by atoms with E-state index in [1.54, 1.807) is 24.3 Å². The van der Waals surface area contributed by atoms with Gasteiger partial charge in [0.2, 0.25) is 0 Å². The summed E-state index contributed by atoms with van der Waals surface area (Å²) in [6, 6.07) is 10.6. The summed E-state index contributed by atoms with van der Waals surface area (Å²) in [5.41, 5.74) is 0.651. The minimum atomic E-state index is -1.79. The van der Waals surface area contributed by atoms with Crippen LogP contribution < -0.4 is 15.5 Å². The van der Waals surface area contributed by atoms with E-state index in [0.29, 0.717) is 11.3 Å². The van der Waals surface area contributed by atoms with Gasteiger partial charge in [-0.1, -0.05) is 12.1 Å². The van der Waals surface area contributed by atoms with Crippen molar-refractivity contribution in [3.05, 3.63) is 53.6 Å². The van der Waals surface area contributed by atoms with Crippen LogP contribution in [-0.4, -0.2) is 43.3 Å². The van der Waals surface area contributed by atoms with Crippen molar-refractivity contribution in [1.29, 1.82) is 0 Å². The van der Waals surface area contributed by atoms with Crippen LogP contribution in [0.2, 0.25) is 0 Å². The van der Waals surface area contributed by atoms with Crippen LogP contribution in [0, 0.1) is 0 Å². The molecule has 0 heterocycles. The van der Waals surface area contributed by atoms with Gasteiger partial charge in [-0.15, -0.1) is 0 Å². The van der Waals surface area contributed by atoms with Gasteiger partial charge in [0.1, 0.15) is 5.75 Å². The Kier molecular flexibility index (Phi) is 5.57. The number of carbonyl (C=O) groups is 2. The van der Waals surface area contributed by atoms with Crippen LogP contribution in [0.5, 0.6) is 5.75 Å². The predicted molar refractivity (Wildman–Crippen MR) is 88.6 cm³/mol. The number of amides is 1. The monoisotopic (exact) mass is 329 g/mol. The van der Waals surface area contributed by atoms with Gasteiger partial charge in [0, 0.05) is 5.69 Å². The minimum Gasteiger partial charge on any atom is -0.496 e. The number of benzene rings is 2. The zero-order chi connectivity index (χ0) is 17.7. The fraction of sp³-hybridized carbons (Fsp3) is 0.125. The summed E-state index contributed by atoms with van der Waals surface area (Å²) < 4.78 is 9.75. The van der Waals surface area contributed by atoms with Crippen molar-refractivity contribution >= 4 is 30.1 Å². The zero-order valence-electron chi connectivity index (χ0n) is 13.1. The Bertz CT molecular complexity index is 762. The van der Waals surface area contributed by atoms with Crippen molar-refractivity contribution in [3.63, 3.8) is 0 Å². The van der Waals surface area contributed by atoms with E-state index in [-0.39, 0.29) is 16.7 Å². The quantitative estimate of drug-likeness (QED) is 0.542. The number of para-hydroxylation sites is 1. The maximum absolute atomic E-state index is 12.4. The van der Waals surface area contributed by atoms with Gasteiger partial charge in [0.15, 0.2) is 0 Å². The fourth-order valence-corrected chi connectivity index (χ4v) is 2.14. The lowest BCUT2D eigenvalue weighted by molar-refractivity contribution is 0.0600. The molecule has 0 aromatic heterocycles. The summed E-state index contributed by atoms with van der Waals surface area (Å²) in [5, 5.41) is 21.3. The summed E-state index contributed by atoms with van der Waals surface area (Å²) in [4.78, 5) is 24.1. The summed E-state index contributed by atoms with van der Waals surface area (Å²) >= 11 is 0. The maximum Gasteiger partial charge on any atom is 0.488 e. The highest BCUT2D eigenvalue weighted by atomic mass is 16.5. The first-order valence-corrected chi connectivity index (χ1v) is 7.00. The van der Waals surface area contributed by atoms with Crippen molar-refractivity contribution in [1.82, 2.24) is 0 Å². The predicted octanol–water partition coefficient (Wildman–Crippen LogP) is 0.414. The van der Waals surface area contributed by atoms with Gasteiger partial charge in [-0.05, 0) is 35.8 Å². The molecule has 0 aliphatic carbocycles. The number of anilines is 1. The highest BCUT2D eigenvalue weighted by Gasteiger charge is 2.18. The van der Waals surface area contributed by atoms with Crippen LogP contribution in [0.15, 0.2) is 42.5 Å². The Balaban J connectivity index is 2.36. The molecule has 2 aromatic rings. The number of hydrogen-bond acceptors (Lipinski definition) is 6. The molecule has 0 atom stereocenters. The lowest BCUT2D eigenvalue weighted by Gasteiger charge is -2.11. The molecule has 124 valence electrons. The summed E-state index contributed by atoms with van der Waals surface area (Å²) in [6.07, 6.45) is 0. The van der Waals surface area contributed by atoms with Crippen molar-refractivity contribution in [2.45, 2.75) is 0 Å². The molecular weight excluding hydrogens is 313 g/mol. The van der Waals surface area contributed by atoms with E-state index < -0.39 is 19.0 Å². The van der Waals surface area contributed by atoms with E-state index in [2.05, 4.69) is 10.1 Å².